The van der Waals surface area contributed by atoms with Crippen LogP contribution in [0.3, 0.4) is 0 Å². The minimum atomic E-state index is -0.237. The van der Waals surface area contributed by atoms with E-state index in [9.17, 15) is 4.39 Å². The number of hydrogen-bond acceptors (Lipinski definition) is 3. The van der Waals surface area contributed by atoms with Crippen molar-refractivity contribution in [2.24, 2.45) is 5.92 Å². The van der Waals surface area contributed by atoms with Crippen LogP contribution < -0.4 is 5.73 Å². The molecule has 1 aromatic carbocycles. The third-order valence-corrected chi connectivity index (χ3v) is 4.30. The predicted octanol–water partition coefficient (Wildman–Crippen LogP) is 3.05. The molecule has 1 aromatic rings. The number of hydrogen-bond donors (Lipinski definition) is 1. The molecule has 2 N–H and O–H groups in total. The Morgan fingerprint density at radius 1 is 1.05 bits per heavy atom. The normalized spacial score (nSPS) is 28.7. The molecule has 1 aliphatic carbocycles. The standard InChI is InChI=1S/C15H20FNO2/c16-14-12(2-1-3-13(14)17)10-4-6-11(7-5-10)15-18-8-9-19-15/h1-3,10-11,15H,4-9,17H2. The second-order valence-electron chi connectivity index (χ2n) is 5.47. The molecule has 4 heteroatoms. The van der Waals surface area contributed by atoms with Crippen LogP contribution in [0.5, 0.6) is 0 Å². The fourth-order valence-corrected chi connectivity index (χ4v) is 3.23. The zero-order valence-electron chi connectivity index (χ0n) is 11.0. The predicted molar refractivity (Wildman–Crippen MR) is 71.2 cm³/mol. The van der Waals surface area contributed by atoms with E-state index < -0.39 is 0 Å². The summed E-state index contributed by atoms with van der Waals surface area (Å²) in [6, 6.07) is 5.31. The molecule has 0 radical (unpaired) electrons. The van der Waals surface area contributed by atoms with Gasteiger partial charge in [0.25, 0.3) is 0 Å². The van der Waals surface area contributed by atoms with Crippen molar-refractivity contribution in [2.45, 2.75) is 37.9 Å². The van der Waals surface area contributed by atoms with E-state index in [0.29, 0.717) is 19.1 Å². The molecule has 3 rings (SSSR count). The van der Waals surface area contributed by atoms with Crippen molar-refractivity contribution in [3.8, 4) is 0 Å². The molecule has 1 saturated heterocycles. The highest BCUT2D eigenvalue weighted by Crippen LogP contribution is 2.40. The van der Waals surface area contributed by atoms with Gasteiger partial charge in [0.05, 0.1) is 18.9 Å². The van der Waals surface area contributed by atoms with Gasteiger partial charge in [-0.15, -0.1) is 0 Å². The third-order valence-electron chi connectivity index (χ3n) is 4.30. The van der Waals surface area contributed by atoms with Gasteiger partial charge in [-0.3, -0.25) is 0 Å². The van der Waals surface area contributed by atoms with Crippen molar-refractivity contribution < 1.29 is 13.9 Å². The first kappa shape index (κ1) is 12.9. The largest absolute Gasteiger partial charge is 0.396 e. The molecular formula is C15H20FNO2. The second-order valence-corrected chi connectivity index (χ2v) is 5.47. The van der Waals surface area contributed by atoms with Crippen molar-refractivity contribution in [3.05, 3.63) is 29.6 Å². The number of rotatable bonds is 2. The molecule has 3 nitrogen and oxygen atoms in total. The molecular weight excluding hydrogens is 245 g/mol. The van der Waals surface area contributed by atoms with E-state index in [0.717, 1.165) is 31.2 Å². The van der Waals surface area contributed by atoms with Crippen LogP contribution in [0, 0.1) is 11.7 Å². The Kier molecular flexibility index (Phi) is 3.71. The van der Waals surface area contributed by atoms with Gasteiger partial charge in [-0.05, 0) is 43.2 Å². The number of nitrogens with two attached hydrogens (primary N) is 1. The van der Waals surface area contributed by atoms with E-state index in [1.165, 1.54) is 0 Å². The minimum Gasteiger partial charge on any atom is -0.396 e. The smallest absolute Gasteiger partial charge is 0.160 e. The number of ether oxygens (including phenoxy) is 2. The first-order chi connectivity index (χ1) is 9.25. The summed E-state index contributed by atoms with van der Waals surface area (Å²) in [6.07, 6.45) is 3.99. The topological polar surface area (TPSA) is 44.5 Å². The molecule has 104 valence electrons. The van der Waals surface area contributed by atoms with Crippen LogP contribution >= 0.6 is 0 Å². The van der Waals surface area contributed by atoms with Gasteiger partial charge < -0.3 is 15.2 Å². The SMILES string of the molecule is Nc1cccc(C2CCC(C3OCCO3)CC2)c1F. The molecule has 0 atom stereocenters. The lowest BCUT2D eigenvalue weighted by atomic mass is 9.78. The Bertz CT molecular complexity index is 438. The summed E-state index contributed by atoms with van der Waals surface area (Å²) in [5.74, 6) is 0.503. The van der Waals surface area contributed by atoms with Gasteiger partial charge in [0.2, 0.25) is 0 Å². The van der Waals surface area contributed by atoms with E-state index in [4.69, 9.17) is 15.2 Å². The molecule has 0 aromatic heterocycles. The Morgan fingerprint density at radius 2 is 1.74 bits per heavy atom. The van der Waals surface area contributed by atoms with E-state index in [1.54, 1.807) is 6.07 Å². The fourth-order valence-electron chi connectivity index (χ4n) is 3.23. The zero-order valence-corrected chi connectivity index (χ0v) is 11.0. The van der Waals surface area contributed by atoms with Crippen LogP contribution in [0.25, 0.3) is 0 Å². The van der Waals surface area contributed by atoms with E-state index in [2.05, 4.69) is 0 Å². The Morgan fingerprint density at radius 3 is 2.42 bits per heavy atom. The van der Waals surface area contributed by atoms with Crippen LogP contribution in [-0.4, -0.2) is 19.5 Å². The number of halogens is 1. The van der Waals surface area contributed by atoms with E-state index in [1.807, 2.05) is 12.1 Å². The Hall–Kier alpha value is -1.13. The summed E-state index contributed by atoms with van der Waals surface area (Å²) in [6.45, 7) is 1.41. The maximum Gasteiger partial charge on any atom is 0.160 e. The summed E-state index contributed by atoms with van der Waals surface area (Å²) in [5.41, 5.74) is 6.66. The molecule has 1 saturated carbocycles. The highest BCUT2D eigenvalue weighted by molar-refractivity contribution is 5.44. The van der Waals surface area contributed by atoms with Gasteiger partial charge in [0.15, 0.2) is 6.29 Å². The van der Waals surface area contributed by atoms with Crippen LogP contribution in [0.2, 0.25) is 0 Å². The van der Waals surface area contributed by atoms with Crippen LogP contribution in [-0.2, 0) is 9.47 Å². The zero-order chi connectivity index (χ0) is 13.2. The van der Waals surface area contributed by atoms with Crippen LogP contribution in [0.15, 0.2) is 18.2 Å². The number of anilines is 1. The van der Waals surface area contributed by atoms with Crippen molar-refractivity contribution >= 4 is 5.69 Å². The van der Waals surface area contributed by atoms with Crippen molar-refractivity contribution in [1.82, 2.24) is 0 Å². The van der Waals surface area contributed by atoms with Gasteiger partial charge in [-0.2, -0.15) is 0 Å². The summed E-state index contributed by atoms with van der Waals surface area (Å²) in [5, 5.41) is 0. The molecule has 2 aliphatic rings. The fraction of sp³-hybridized carbons (Fsp3) is 0.600. The number of nitrogen functional groups attached to an aromatic ring is 1. The lowest BCUT2D eigenvalue weighted by Gasteiger charge is -2.31. The molecule has 2 fully saturated rings. The molecule has 19 heavy (non-hydrogen) atoms. The lowest BCUT2D eigenvalue weighted by Crippen LogP contribution is -2.26. The van der Waals surface area contributed by atoms with E-state index in [-0.39, 0.29) is 23.7 Å². The van der Waals surface area contributed by atoms with Gasteiger partial charge in [0, 0.05) is 5.92 Å². The number of benzene rings is 1. The van der Waals surface area contributed by atoms with Gasteiger partial charge in [0.1, 0.15) is 5.82 Å². The molecule has 0 unspecified atom stereocenters. The highest BCUT2D eigenvalue weighted by atomic mass is 19.1. The molecule has 1 heterocycles. The lowest BCUT2D eigenvalue weighted by molar-refractivity contribution is -0.0932. The maximum atomic E-state index is 14.0. The second kappa shape index (κ2) is 5.47. The van der Waals surface area contributed by atoms with Crippen LogP contribution in [0.4, 0.5) is 10.1 Å². The van der Waals surface area contributed by atoms with Gasteiger partial charge in [-0.1, -0.05) is 12.1 Å². The molecule has 0 bridgehead atoms. The van der Waals surface area contributed by atoms with Crippen LogP contribution in [0.1, 0.15) is 37.2 Å². The average Bonchev–Trinajstić information content (AvgIpc) is 2.96. The first-order valence-corrected chi connectivity index (χ1v) is 7.03. The summed E-state index contributed by atoms with van der Waals surface area (Å²) < 4.78 is 25.1. The van der Waals surface area contributed by atoms with Gasteiger partial charge in [-0.25, -0.2) is 4.39 Å². The molecule has 0 spiro atoms. The summed E-state index contributed by atoms with van der Waals surface area (Å²) in [4.78, 5) is 0. The minimum absolute atomic E-state index is 0.0355. The van der Waals surface area contributed by atoms with Gasteiger partial charge >= 0.3 is 0 Å². The highest BCUT2D eigenvalue weighted by Gasteiger charge is 2.32. The Balaban J connectivity index is 1.64. The average molecular weight is 265 g/mol. The van der Waals surface area contributed by atoms with E-state index >= 15 is 0 Å². The quantitative estimate of drug-likeness (QED) is 0.836. The van der Waals surface area contributed by atoms with Crippen molar-refractivity contribution in [1.29, 1.82) is 0 Å². The first-order valence-electron chi connectivity index (χ1n) is 7.03. The van der Waals surface area contributed by atoms with Crippen molar-refractivity contribution in [3.63, 3.8) is 0 Å². The summed E-state index contributed by atoms with van der Waals surface area (Å²) in [7, 11) is 0. The molecule has 0 amide bonds. The molecule has 1 aliphatic heterocycles. The summed E-state index contributed by atoms with van der Waals surface area (Å²) >= 11 is 0. The Labute approximate surface area is 112 Å². The third kappa shape index (κ3) is 2.60. The monoisotopic (exact) mass is 265 g/mol. The van der Waals surface area contributed by atoms with Crippen molar-refractivity contribution in [2.75, 3.05) is 18.9 Å². The maximum absolute atomic E-state index is 14.0.